The van der Waals surface area contributed by atoms with Crippen LogP contribution >= 0.6 is 11.3 Å². The summed E-state index contributed by atoms with van der Waals surface area (Å²) in [5.41, 5.74) is 2.59. The summed E-state index contributed by atoms with van der Waals surface area (Å²) in [6, 6.07) is 8.75. The van der Waals surface area contributed by atoms with Crippen molar-refractivity contribution in [3.05, 3.63) is 53.2 Å². The van der Waals surface area contributed by atoms with Gasteiger partial charge in [0.05, 0.1) is 11.4 Å². The molecule has 1 aromatic carbocycles. The molecule has 0 saturated carbocycles. The zero-order chi connectivity index (χ0) is 17.4. The molecule has 0 aliphatic heterocycles. The molecule has 0 atom stereocenters. The SMILES string of the molecule is CCCc1cc(-c2nn3c(Cc4ccccc4F)nnc3s2)n(C)n1. The summed E-state index contributed by atoms with van der Waals surface area (Å²) >= 11 is 1.46. The first-order chi connectivity index (χ1) is 12.2. The van der Waals surface area contributed by atoms with E-state index in [1.54, 1.807) is 16.6 Å². The van der Waals surface area contributed by atoms with Gasteiger partial charge in [0.2, 0.25) is 4.96 Å². The van der Waals surface area contributed by atoms with Gasteiger partial charge in [0.1, 0.15) is 5.82 Å². The van der Waals surface area contributed by atoms with E-state index in [2.05, 4.69) is 33.4 Å². The minimum atomic E-state index is -0.245. The molecule has 0 aliphatic carbocycles. The zero-order valence-corrected chi connectivity index (χ0v) is 14.8. The molecule has 6 nitrogen and oxygen atoms in total. The normalized spacial score (nSPS) is 11.5. The summed E-state index contributed by atoms with van der Waals surface area (Å²) in [7, 11) is 1.91. The van der Waals surface area contributed by atoms with E-state index in [0.717, 1.165) is 29.2 Å². The number of halogens is 1. The third kappa shape index (κ3) is 2.93. The van der Waals surface area contributed by atoms with Crippen LogP contribution in [0.2, 0.25) is 0 Å². The third-order valence-corrected chi connectivity index (χ3v) is 4.94. The fourth-order valence-electron chi connectivity index (χ4n) is 2.79. The van der Waals surface area contributed by atoms with E-state index < -0.39 is 0 Å². The Morgan fingerprint density at radius 1 is 1.16 bits per heavy atom. The van der Waals surface area contributed by atoms with Crippen molar-refractivity contribution in [2.75, 3.05) is 0 Å². The number of aromatic nitrogens is 6. The van der Waals surface area contributed by atoms with Gasteiger partial charge in [0.15, 0.2) is 10.8 Å². The molecule has 128 valence electrons. The van der Waals surface area contributed by atoms with Gasteiger partial charge in [-0.15, -0.1) is 10.2 Å². The van der Waals surface area contributed by atoms with Crippen molar-refractivity contribution in [2.24, 2.45) is 7.05 Å². The van der Waals surface area contributed by atoms with E-state index in [1.165, 1.54) is 17.4 Å². The summed E-state index contributed by atoms with van der Waals surface area (Å²) in [6.07, 6.45) is 2.34. The van der Waals surface area contributed by atoms with E-state index in [9.17, 15) is 4.39 Å². The maximum Gasteiger partial charge on any atom is 0.235 e. The van der Waals surface area contributed by atoms with Gasteiger partial charge in [0.25, 0.3) is 0 Å². The Balaban J connectivity index is 1.70. The van der Waals surface area contributed by atoms with E-state index in [4.69, 9.17) is 0 Å². The molecule has 0 amide bonds. The van der Waals surface area contributed by atoms with Crippen LogP contribution in [0, 0.1) is 5.82 Å². The van der Waals surface area contributed by atoms with Gasteiger partial charge in [-0.25, -0.2) is 4.39 Å². The number of aryl methyl sites for hydroxylation is 2. The standard InChI is InChI=1S/C17H17FN6S/c1-3-6-12-10-14(23(2)21-12)16-22-24-15(19-20-17(24)25-16)9-11-7-4-5-8-13(11)18/h4-5,7-8,10H,3,6,9H2,1-2H3. The van der Waals surface area contributed by atoms with Crippen molar-refractivity contribution in [3.63, 3.8) is 0 Å². The van der Waals surface area contributed by atoms with Crippen LogP contribution in [0.4, 0.5) is 4.39 Å². The molecule has 8 heteroatoms. The first-order valence-electron chi connectivity index (χ1n) is 8.13. The Labute approximate surface area is 147 Å². The molecule has 0 saturated heterocycles. The molecule has 0 radical (unpaired) electrons. The van der Waals surface area contributed by atoms with Crippen LogP contribution in [0.15, 0.2) is 30.3 Å². The topological polar surface area (TPSA) is 60.9 Å². The Kier molecular flexibility index (Phi) is 4.04. The second-order valence-electron chi connectivity index (χ2n) is 5.88. The molecule has 0 unspecified atom stereocenters. The molecule has 0 fully saturated rings. The lowest BCUT2D eigenvalue weighted by molar-refractivity contribution is 0.611. The monoisotopic (exact) mass is 356 g/mol. The number of rotatable bonds is 5. The van der Waals surface area contributed by atoms with Gasteiger partial charge in [-0.3, -0.25) is 4.68 Å². The number of fused-ring (bicyclic) bond motifs is 1. The largest absolute Gasteiger partial charge is 0.265 e. The molecule has 0 bridgehead atoms. The van der Waals surface area contributed by atoms with Gasteiger partial charge < -0.3 is 0 Å². The van der Waals surface area contributed by atoms with E-state index in [-0.39, 0.29) is 5.82 Å². The molecule has 0 spiro atoms. The maximum absolute atomic E-state index is 13.9. The van der Waals surface area contributed by atoms with Crippen LogP contribution in [0.25, 0.3) is 15.7 Å². The summed E-state index contributed by atoms with van der Waals surface area (Å²) in [4.78, 5) is 0.694. The Morgan fingerprint density at radius 3 is 2.80 bits per heavy atom. The average molecular weight is 356 g/mol. The van der Waals surface area contributed by atoms with Crippen molar-refractivity contribution < 1.29 is 4.39 Å². The van der Waals surface area contributed by atoms with E-state index in [1.807, 2.05) is 17.8 Å². The molecular formula is C17H17FN6S. The Hall–Kier alpha value is -2.61. The number of nitrogens with zero attached hydrogens (tertiary/aromatic N) is 6. The molecule has 0 N–H and O–H groups in total. The summed E-state index contributed by atoms with van der Waals surface area (Å²) in [5, 5.41) is 18.3. The van der Waals surface area contributed by atoms with Crippen molar-refractivity contribution >= 4 is 16.3 Å². The second-order valence-corrected chi connectivity index (χ2v) is 6.84. The number of benzene rings is 1. The van der Waals surface area contributed by atoms with Crippen molar-refractivity contribution in [1.29, 1.82) is 0 Å². The van der Waals surface area contributed by atoms with E-state index in [0.29, 0.717) is 22.8 Å². The molecule has 3 heterocycles. The molecular weight excluding hydrogens is 339 g/mol. The van der Waals surface area contributed by atoms with E-state index >= 15 is 0 Å². The summed E-state index contributed by atoms with van der Waals surface area (Å²) in [6.45, 7) is 2.13. The zero-order valence-electron chi connectivity index (χ0n) is 14.0. The smallest absolute Gasteiger partial charge is 0.235 e. The van der Waals surface area contributed by atoms with Crippen molar-refractivity contribution in [2.45, 2.75) is 26.2 Å². The van der Waals surface area contributed by atoms with Crippen LogP contribution < -0.4 is 0 Å². The highest BCUT2D eigenvalue weighted by Crippen LogP contribution is 2.26. The number of hydrogen-bond donors (Lipinski definition) is 0. The summed E-state index contributed by atoms with van der Waals surface area (Å²) < 4.78 is 17.4. The fourth-order valence-corrected chi connectivity index (χ4v) is 3.69. The lowest BCUT2D eigenvalue weighted by Crippen LogP contribution is -2.00. The Morgan fingerprint density at radius 2 is 2.00 bits per heavy atom. The number of hydrogen-bond acceptors (Lipinski definition) is 5. The Bertz CT molecular complexity index is 1030. The van der Waals surface area contributed by atoms with Crippen molar-refractivity contribution in [3.8, 4) is 10.7 Å². The lowest BCUT2D eigenvalue weighted by atomic mass is 10.1. The molecule has 4 aromatic rings. The highest BCUT2D eigenvalue weighted by molar-refractivity contribution is 7.19. The third-order valence-electron chi connectivity index (χ3n) is 4.02. The van der Waals surface area contributed by atoms with Gasteiger partial charge in [-0.05, 0) is 24.1 Å². The molecule has 25 heavy (non-hydrogen) atoms. The predicted molar refractivity (Wildman–Crippen MR) is 94.1 cm³/mol. The first-order valence-corrected chi connectivity index (χ1v) is 8.95. The van der Waals surface area contributed by atoms with Crippen LogP contribution in [0.5, 0.6) is 0 Å². The van der Waals surface area contributed by atoms with Gasteiger partial charge in [0, 0.05) is 13.5 Å². The summed E-state index contributed by atoms with van der Waals surface area (Å²) in [5.74, 6) is 0.379. The van der Waals surface area contributed by atoms with Gasteiger partial charge in [-0.1, -0.05) is 42.9 Å². The fraction of sp³-hybridized carbons (Fsp3) is 0.294. The second kappa shape index (κ2) is 6.36. The maximum atomic E-state index is 13.9. The molecule has 3 aromatic heterocycles. The lowest BCUT2D eigenvalue weighted by Gasteiger charge is -2.00. The molecule has 0 aliphatic rings. The van der Waals surface area contributed by atoms with Gasteiger partial charge in [-0.2, -0.15) is 14.7 Å². The van der Waals surface area contributed by atoms with Crippen LogP contribution in [0.3, 0.4) is 0 Å². The van der Waals surface area contributed by atoms with Crippen LogP contribution in [-0.4, -0.2) is 29.6 Å². The highest BCUT2D eigenvalue weighted by Gasteiger charge is 2.17. The van der Waals surface area contributed by atoms with Crippen LogP contribution in [-0.2, 0) is 19.9 Å². The predicted octanol–water partition coefficient (Wildman–Crippen LogP) is 3.27. The van der Waals surface area contributed by atoms with Crippen molar-refractivity contribution in [1.82, 2.24) is 29.6 Å². The first kappa shape index (κ1) is 15.9. The van der Waals surface area contributed by atoms with Crippen LogP contribution in [0.1, 0.15) is 30.4 Å². The molecule has 4 rings (SSSR count). The average Bonchev–Trinajstić information content (AvgIpc) is 3.25. The minimum Gasteiger partial charge on any atom is -0.265 e. The highest BCUT2D eigenvalue weighted by atomic mass is 32.1. The minimum absolute atomic E-state index is 0.245. The van der Waals surface area contributed by atoms with Gasteiger partial charge >= 0.3 is 0 Å². The quantitative estimate of drug-likeness (QED) is 0.551.